The van der Waals surface area contributed by atoms with Gasteiger partial charge < -0.3 is 3.07 Å². The molecule has 0 unspecified atom stereocenters. The van der Waals surface area contributed by atoms with E-state index in [1.54, 1.807) is 42.9 Å². The second-order valence-electron chi connectivity index (χ2n) is 7.07. The summed E-state index contributed by atoms with van der Waals surface area (Å²) in [5, 5.41) is 0.0838. The summed E-state index contributed by atoms with van der Waals surface area (Å²) >= 11 is 1.61. The average Bonchev–Trinajstić information content (AvgIpc) is 3.47. The number of aromatic nitrogens is 3. The zero-order chi connectivity index (χ0) is 20.3. The first-order valence-electron chi connectivity index (χ1n) is 8.73. The number of hydrogen-bond donors (Lipinski definition) is 0. The van der Waals surface area contributed by atoms with E-state index in [0.29, 0.717) is 18.4 Å². The molecule has 1 saturated carbocycles. The van der Waals surface area contributed by atoms with Crippen LogP contribution < -0.4 is 19.9 Å². The Morgan fingerprint density at radius 1 is 1.14 bits per heavy atom. The first kappa shape index (κ1) is 18.9. The number of pyridine rings is 1. The van der Waals surface area contributed by atoms with Gasteiger partial charge in [0.25, 0.3) is 11.1 Å². The number of rotatable bonds is 3. The Labute approximate surface area is 172 Å². The number of nitrogens with zero attached hydrogens (tertiary/aromatic N) is 3. The largest absolute Gasteiger partial charge is 0.426 e. The van der Waals surface area contributed by atoms with Crippen molar-refractivity contribution in [2.45, 2.75) is 32.7 Å². The molecule has 0 aliphatic heterocycles. The molecular formula is C19H17FIN3O4. The van der Waals surface area contributed by atoms with E-state index in [-0.39, 0.29) is 34.1 Å². The molecule has 0 saturated heterocycles. The summed E-state index contributed by atoms with van der Waals surface area (Å²) in [6.07, 6.45) is 1.39. The first-order chi connectivity index (χ1) is 13.3. The highest BCUT2D eigenvalue weighted by molar-refractivity contribution is 14.1. The van der Waals surface area contributed by atoms with Gasteiger partial charge in [-0.3, -0.25) is 18.7 Å². The molecule has 9 heteroatoms. The fourth-order valence-corrected chi connectivity index (χ4v) is 4.07. The lowest BCUT2D eigenvalue weighted by atomic mass is 10.2. The minimum Gasteiger partial charge on any atom is -0.426 e. The van der Waals surface area contributed by atoms with Crippen LogP contribution in [0, 0.1) is 19.7 Å². The van der Waals surface area contributed by atoms with Crippen molar-refractivity contribution in [1.82, 2.24) is 13.7 Å². The lowest BCUT2D eigenvalue weighted by Gasteiger charge is -2.19. The van der Waals surface area contributed by atoms with Crippen LogP contribution in [0.1, 0.15) is 30.0 Å². The molecule has 0 spiro atoms. The van der Waals surface area contributed by atoms with Crippen molar-refractivity contribution in [3.63, 3.8) is 0 Å². The molecule has 28 heavy (non-hydrogen) atoms. The van der Waals surface area contributed by atoms with Gasteiger partial charge in [-0.05, 0) is 44.4 Å². The Morgan fingerprint density at radius 3 is 2.39 bits per heavy atom. The molecule has 146 valence electrons. The summed E-state index contributed by atoms with van der Waals surface area (Å²) in [6.45, 7) is 3.29. The van der Waals surface area contributed by atoms with Gasteiger partial charge in [0.1, 0.15) is 16.9 Å². The van der Waals surface area contributed by atoms with Crippen LogP contribution in [0.25, 0.3) is 16.7 Å². The van der Waals surface area contributed by atoms with Gasteiger partial charge in [0.2, 0.25) is 0 Å². The minimum absolute atomic E-state index is 0.0110. The second kappa shape index (κ2) is 6.57. The molecule has 1 fully saturated rings. The highest BCUT2D eigenvalue weighted by atomic mass is 127. The van der Waals surface area contributed by atoms with Crippen LogP contribution in [-0.2, 0) is 7.05 Å². The maximum absolute atomic E-state index is 14.8. The quantitative estimate of drug-likeness (QED) is 0.522. The van der Waals surface area contributed by atoms with Gasteiger partial charge in [-0.1, -0.05) is 6.07 Å². The summed E-state index contributed by atoms with van der Waals surface area (Å²) < 4.78 is 23.6. The third kappa shape index (κ3) is 2.63. The van der Waals surface area contributed by atoms with E-state index >= 15 is 0 Å². The maximum Gasteiger partial charge on any atom is 0.337 e. The number of benzene rings is 1. The van der Waals surface area contributed by atoms with Gasteiger partial charge in [0, 0.05) is 13.1 Å². The summed E-state index contributed by atoms with van der Waals surface area (Å²) in [6, 6.07) is 4.22. The smallest absolute Gasteiger partial charge is 0.337 e. The zero-order valence-electron chi connectivity index (χ0n) is 15.5. The van der Waals surface area contributed by atoms with E-state index in [2.05, 4.69) is 0 Å². The van der Waals surface area contributed by atoms with Crippen LogP contribution in [0.3, 0.4) is 0 Å². The Morgan fingerprint density at radius 2 is 1.82 bits per heavy atom. The molecule has 2 heterocycles. The monoisotopic (exact) mass is 497 g/mol. The zero-order valence-corrected chi connectivity index (χ0v) is 17.6. The highest BCUT2D eigenvalue weighted by Crippen LogP contribution is 2.34. The standard InChI is InChI=1S/C19H17FIN3O4/c1-9-4-7-13(12(20)8-9)24-16-14(15(28-21)10(2)17(25)22(16)3)18(26)23(19(24)27)11-5-6-11/h4,7-8,11H,5-6H2,1-3H3. The molecule has 0 bridgehead atoms. The molecule has 2 aromatic heterocycles. The third-order valence-electron chi connectivity index (χ3n) is 5.11. The van der Waals surface area contributed by atoms with Crippen molar-refractivity contribution >= 4 is 34.0 Å². The van der Waals surface area contributed by atoms with Gasteiger partial charge in [-0.25, -0.2) is 13.8 Å². The van der Waals surface area contributed by atoms with E-state index < -0.39 is 22.6 Å². The number of hydrogen-bond acceptors (Lipinski definition) is 4. The molecule has 3 aromatic rings. The van der Waals surface area contributed by atoms with Crippen molar-refractivity contribution in [3.8, 4) is 11.4 Å². The normalized spacial score (nSPS) is 13.9. The lowest BCUT2D eigenvalue weighted by molar-refractivity contribution is 0.593. The van der Waals surface area contributed by atoms with Gasteiger partial charge in [-0.2, -0.15) is 0 Å². The van der Waals surface area contributed by atoms with E-state index in [1.807, 2.05) is 0 Å². The molecule has 0 radical (unpaired) electrons. The highest BCUT2D eigenvalue weighted by Gasteiger charge is 2.32. The summed E-state index contributed by atoms with van der Waals surface area (Å²) in [5.74, 6) is -0.520. The Balaban J connectivity index is 2.33. The third-order valence-corrected chi connectivity index (χ3v) is 5.55. The van der Waals surface area contributed by atoms with Crippen LogP contribution in [0.5, 0.6) is 5.75 Å². The van der Waals surface area contributed by atoms with E-state index in [9.17, 15) is 18.8 Å². The topological polar surface area (TPSA) is 75.2 Å². The summed E-state index contributed by atoms with van der Waals surface area (Å²) in [7, 11) is 1.46. The summed E-state index contributed by atoms with van der Waals surface area (Å²) in [5.41, 5.74) is -0.695. The second-order valence-corrected chi connectivity index (χ2v) is 7.51. The minimum atomic E-state index is -0.666. The molecule has 1 aromatic carbocycles. The van der Waals surface area contributed by atoms with Crippen LogP contribution in [0.2, 0.25) is 0 Å². The molecule has 1 aliphatic carbocycles. The van der Waals surface area contributed by atoms with Crippen molar-refractivity contribution < 1.29 is 7.46 Å². The molecular weight excluding hydrogens is 480 g/mol. The van der Waals surface area contributed by atoms with Crippen molar-refractivity contribution in [1.29, 1.82) is 0 Å². The SMILES string of the molecule is Cc1ccc(-n2c(=O)n(C3CC3)c(=O)c3c(OI)c(C)c(=O)n(C)c32)c(F)c1. The molecule has 0 N–H and O–H groups in total. The van der Waals surface area contributed by atoms with Crippen LogP contribution in [0.15, 0.2) is 32.6 Å². The van der Waals surface area contributed by atoms with E-state index in [0.717, 1.165) is 9.13 Å². The van der Waals surface area contributed by atoms with Gasteiger partial charge >= 0.3 is 5.69 Å². The van der Waals surface area contributed by atoms with Crippen LogP contribution in [-0.4, -0.2) is 13.7 Å². The summed E-state index contributed by atoms with van der Waals surface area (Å²) in [4.78, 5) is 39.2. The molecule has 4 rings (SSSR count). The van der Waals surface area contributed by atoms with Crippen molar-refractivity contribution in [2.75, 3.05) is 0 Å². The maximum atomic E-state index is 14.8. The molecule has 0 amide bonds. The first-order valence-corrected chi connectivity index (χ1v) is 9.62. The lowest BCUT2D eigenvalue weighted by Crippen LogP contribution is -2.41. The molecule has 1 aliphatic rings. The van der Waals surface area contributed by atoms with Crippen LogP contribution in [0.4, 0.5) is 4.39 Å². The fraction of sp³-hybridized carbons (Fsp3) is 0.316. The van der Waals surface area contributed by atoms with Crippen molar-refractivity contribution in [2.24, 2.45) is 7.05 Å². The number of halogens is 2. The Bertz CT molecular complexity index is 1320. The van der Waals surface area contributed by atoms with E-state index in [4.69, 9.17) is 3.07 Å². The van der Waals surface area contributed by atoms with Gasteiger partial charge in [0.05, 0.1) is 11.3 Å². The number of aryl methyl sites for hydroxylation is 2. The Kier molecular flexibility index (Phi) is 4.44. The van der Waals surface area contributed by atoms with Gasteiger partial charge in [0.15, 0.2) is 28.8 Å². The fourth-order valence-electron chi connectivity index (χ4n) is 3.52. The predicted octanol–water partition coefficient (Wildman–Crippen LogP) is 2.67. The number of fused-ring (bicyclic) bond motifs is 1. The van der Waals surface area contributed by atoms with E-state index in [1.165, 1.54) is 23.7 Å². The predicted molar refractivity (Wildman–Crippen MR) is 111 cm³/mol. The van der Waals surface area contributed by atoms with Crippen molar-refractivity contribution in [3.05, 3.63) is 66.3 Å². The average molecular weight is 497 g/mol. The Hall–Kier alpha value is -2.43. The van der Waals surface area contributed by atoms with Gasteiger partial charge in [-0.15, -0.1) is 0 Å². The molecule has 0 atom stereocenters. The molecule has 7 nitrogen and oxygen atoms in total. The van der Waals surface area contributed by atoms with Crippen LogP contribution >= 0.6 is 23.0 Å².